The predicted octanol–water partition coefficient (Wildman–Crippen LogP) is 0.879. The number of para-hydroxylation sites is 1. The van der Waals surface area contributed by atoms with Crippen molar-refractivity contribution in [1.29, 1.82) is 0 Å². The third kappa shape index (κ3) is 5.07. The van der Waals surface area contributed by atoms with Crippen LogP contribution in [0.25, 0.3) is 0 Å². The van der Waals surface area contributed by atoms with Gasteiger partial charge in [0.25, 0.3) is 5.91 Å². The highest BCUT2D eigenvalue weighted by Crippen LogP contribution is 2.18. The van der Waals surface area contributed by atoms with Gasteiger partial charge in [-0.05, 0) is 37.1 Å². The van der Waals surface area contributed by atoms with Crippen LogP contribution in [0.3, 0.4) is 0 Å². The van der Waals surface area contributed by atoms with E-state index in [-0.39, 0.29) is 5.91 Å². The number of halogens is 1. The highest BCUT2D eigenvalue weighted by atomic mass is 35.5. The van der Waals surface area contributed by atoms with Gasteiger partial charge in [-0.1, -0.05) is 41.9 Å². The maximum Gasteiger partial charge on any atom is 0.279 e. The molecule has 3 rings (SSSR count). The topological polar surface area (TPSA) is 38.0 Å². The molecule has 3 N–H and O–H groups in total. The number of rotatable bonds is 5. The molecule has 26 heavy (non-hydrogen) atoms. The number of carbonyl (C=O) groups is 1. The molecule has 2 aromatic carbocycles. The number of anilines is 1. The monoisotopic (exact) mass is 373 g/mol. The summed E-state index contributed by atoms with van der Waals surface area (Å²) in [7, 11) is 0. The molecule has 0 aliphatic carbocycles. The van der Waals surface area contributed by atoms with Crippen LogP contribution in [0, 0.1) is 13.8 Å². The van der Waals surface area contributed by atoms with Crippen molar-refractivity contribution in [3.8, 4) is 0 Å². The fourth-order valence-corrected chi connectivity index (χ4v) is 3.88. The first-order valence-corrected chi connectivity index (χ1v) is 9.66. The van der Waals surface area contributed by atoms with Crippen molar-refractivity contribution in [2.24, 2.45) is 0 Å². The third-order valence-corrected chi connectivity index (χ3v) is 5.40. The molecule has 0 radical (unpaired) electrons. The normalized spacial score (nSPS) is 20.0. The number of carbonyl (C=O) groups excluding carboxylic acids is 1. The number of aryl methyl sites for hydroxylation is 2. The van der Waals surface area contributed by atoms with Gasteiger partial charge in [-0.2, -0.15) is 0 Å². The number of amides is 1. The highest BCUT2D eigenvalue weighted by molar-refractivity contribution is 6.30. The largest absolute Gasteiger partial charge is 0.322 e. The van der Waals surface area contributed by atoms with E-state index >= 15 is 0 Å². The number of quaternary nitrogens is 2. The van der Waals surface area contributed by atoms with Gasteiger partial charge in [0.15, 0.2) is 6.54 Å². The van der Waals surface area contributed by atoms with Crippen LogP contribution < -0.4 is 15.1 Å². The molecule has 4 nitrogen and oxygen atoms in total. The van der Waals surface area contributed by atoms with Crippen LogP contribution in [0.15, 0.2) is 42.5 Å². The van der Waals surface area contributed by atoms with Crippen molar-refractivity contribution in [1.82, 2.24) is 0 Å². The van der Waals surface area contributed by atoms with Crippen LogP contribution in [0.2, 0.25) is 5.02 Å². The van der Waals surface area contributed by atoms with Gasteiger partial charge >= 0.3 is 0 Å². The molecule has 0 spiro atoms. The molecule has 1 heterocycles. The van der Waals surface area contributed by atoms with Gasteiger partial charge in [-0.25, -0.2) is 0 Å². The summed E-state index contributed by atoms with van der Waals surface area (Å²) in [5.74, 6) is 0.107. The van der Waals surface area contributed by atoms with E-state index in [1.54, 1.807) is 4.90 Å². The Morgan fingerprint density at radius 1 is 1.00 bits per heavy atom. The Kier molecular flexibility index (Phi) is 6.30. The van der Waals surface area contributed by atoms with Crippen LogP contribution in [0.1, 0.15) is 16.7 Å². The molecule has 1 aliphatic heterocycles. The van der Waals surface area contributed by atoms with Gasteiger partial charge in [0.2, 0.25) is 0 Å². The molecule has 0 unspecified atom stereocenters. The zero-order valence-electron chi connectivity index (χ0n) is 15.6. The van der Waals surface area contributed by atoms with Crippen molar-refractivity contribution in [2.75, 3.05) is 38.0 Å². The third-order valence-electron chi connectivity index (χ3n) is 5.16. The van der Waals surface area contributed by atoms with Crippen molar-refractivity contribution in [2.45, 2.75) is 20.4 Å². The first-order chi connectivity index (χ1) is 12.5. The molecule has 138 valence electrons. The first-order valence-electron chi connectivity index (χ1n) is 9.29. The Bertz CT molecular complexity index is 749. The predicted molar refractivity (Wildman–Crippen MR) is 106 cm³/mol. The van der Waals surface area contributed by atoms with Gasteiger partial charge in [0.1, 0.15) is 32.7 Å². The Balaban J connectivity index is 1.47. The molecule has 0 aromatic heterocycles. The lowest BCUT2D eigenvalue weighted by molar-refractivity contribution is -1.02. The molecular formula is C21H28ClN3O+2. The second kappa shape index (κ2) is 8.67. The second-order valence-corrected chi connectivity index (χ2v) is 7.73. The lowest BCUT2D eigenvalue weighted by Gasteiger charge is -2.29. The fraction of sp³-hybridized carbons (Fsp3) is 0.381. The highest BCUT2D eigenvalue weighted by Gasteiger charge is 2.25. The van der Waals surface area contributed by atoms with E-state index in [0.717, 1.165) is 54.6 Å². The van der Waals surface area contributed by atoms with Crippen molar-refractivity contribution in [3.05, 3.63) is 64.2 Å². The molecule has 1 aliphatic rings. The van der Waals surface area contributed by atoms with E-state index in [4.69, 9.17) is 11.6 Å². The van der Waals surface area contributed by atoms with Crippen molar-refractivity contribution in [3.63, 3.8) is 0 Å². The maximum atomic E-state index is 12.4. The molecule has 1 amide bonds. The Hall–Kier alpha value is -1.88. The number of hydrogen-bond donors (Lipinski definition) is 3. The van der Waals surface area contributed by atoms with Crippen LogP contribution in [-0.4, -0.2) is 38.6 Å². The molecule has 1 saturated heterocycles. The fourth-order valence-electron chi connectivity index (χ4n) is 3.67. The number of nitrogens with one attached hydrogen (secondary N) is 3. The summed E-state index contributed by atoms with van der Waals surface area (Å²) in [6, 6.07) is 14.2. The molecule has 5 heteroatoms. The molecule has 0 bridgehead atoms. The van der Waals surface area contributed by atoms with Crippen LogP contribution in [0.4, 0.5) is 5.69 Å². The lowest BCUT2D eigenvalue weighted by atomic mass is 10.1. The summed E-state index contributed by atoms with van der Waals surface area (Å²) < 4.78 is 0. The van der Waals surface area contributed by atoms with Gasteiger partial charge in [-0.3, -0.25) is 4.79 Å². The summed E-state index contributed by atoms with van der Waals surface area (Å²) in [6.07, 6.45) is 0. The van der Waals surface area contributed by atoms with E-state index in [1.807, 2.05) is 50.2 Å². The molecule has 2 aromatic rings. The SMILES string of the molecule is Cc1cccc(C)c1NC(=O)C[NH+]1CC[NH+](Cc2cccc(Cl)c2)CC1. The summed E-state index contributed by atoms with van der Waals surface area (Å²) in [6.45, 7) is 9.82. The second-order valence-electron chi connectivity index (χ2n) is 7.30. The van der Waals surface area contributed by atoms with Gasteiger partial charge in [0, 0.05) is 16.3 Å². The quantitative estimate of drug-likeness (QED) is 0.715. The standard InChI is InChI=1S/C21H26ClN3O/c1-16-5-3-6-17(2)21(16)23-20(26)15-25-11-9-24(10-12-25)14-18-7-4-8-19(22)13-18/h3-8,13H,9-12,14-15H2,1-2H3,(H,23,26)/p+2. The Labute approximate surface area is 160 Å². The average Bonchev–Trinajstić information content (AvgIpc) is 2.60. The van der Waals surface area contributed by atoms with Gasteiger partial charge < -0.3 is 15.1 Å². The van der Waals surface area contributed by atoms with E-state index in [2.05, 4.69) is 11.4 Å². The molecular weight excluding hydrogens is 346 g/mol. The smallest absolute Gasteiger partial charge is 0.279 e. The van der Waals surface area contributed by atoms with E-state index in [1.165, 1.54) is 10.5 Å². The van der Waals surface area contributed by atoms with Crippen LogP contribution >= 0.6 is 11.6 Å². The van der Waals surface area contributed by atoms with E-state index in [0.29, 0.717) is 6.54 Å². The van der Waals surface area contributed by atoms with Crippen LogP contribution in [0.5, 0.6) is 0 Å². The molecule has 1 fully saturated rings. The minimum atomic E-state index is 0.107. The molecule has 0 atom stereocenters. The Morgan fingerprint density at radius 3 is 2.27 bits per heavy atom. The summed E-state index contributed by atoms with van der Waals surface area (Å²) in [5.41, 5.74) is 4.47. The van der Waals surface area contributed by atoms with Crippen molar-refractivity contribution >= 4 is 23.2 Å². The lowest BCUT2D eigenvalue weighted by Crippen LogP contribution is -3.28. The van der Waals surface area contributed by atoms with E-state index in [9.17, 15) is 4.79 Å². The maximum absolute atomic E-state index is 12.4. The van der Waals surface area contributed by atoms with Crippen LogP contribution in [-0.2, 0) is 11.3 Å². The summed E-state index contributed by atoms with van der Waals surface area (Å²) in [5, 5.41) is 3.90. The minimum Gasteiger partial charge on any atom is -0.322 e. The Morgan fingerprint density at radius 2 is 1.62 bits per heavy atom. The number of benzene rings is 2. The number of piperazine rings is 1. The zero-order valence-corrected chi connectivity index (χ0v) is 16.3. The summed E-state index contributed by atoms with van der Waals surface area (Å²) in [4.78, 5) is 15.4. The molecule has 0 saturated carbocycles. The van der Waals surface area contributed by atoms with Crippen molar-refractivity contribution < 1.29 is 14.6 Å². The van der Waals surface area contributed by atoms with E-state index < -0.39 is 0 Å². The first kappa shape index (κ1) is 18.9. The zero-order chi connectivity index (χ0) is 18.5. The summed E-state index contributed by atoms with van der Waals surface area (Å²) >= 11 is 6.07. The van der Waals surface area contributed by atoms with Gasteiger partial charge in [0.05, 0.1) is 0 Å². The minimum absolute atomic E-state index is 0.107. The average molecular weight is 374 g/mol. The van der Waals surface area contributed by atoms with Gasteiger partial charge in [-0.15, -0.1) is 0 Å². The number of hydrogen-bond acceptors (Lipinski definition) is 1.